The van der Waals surface area contributed by atoms with Gasteiger partial charge in [-0.05, 0) is 50.8 Å². The van der Waals surface area contributed by atoms with Crippen molar-refractivity contribution in [3.8, 4) is 6.07 Å². The number of hydrogen-bond donors (Lipinski definition) is 1. The summed E-state index contributed by atoms with van der Waals surface area (Å²) in [7, 11) is 0. The maximum absolute atomic E-state index is 12.5. The molecule has 110 valence electrons. The van der Waals surface area contributed by atoms with Gasteiger partial charge in [-0.1, -0.05) is 0 Å². The lowest BCUT2D eigenvalue weighted by Gasteiger charge is -2.15. The SMILES string of the molecule is CSc1nc(C2CC2)cc(C(=O)N[C@@H](C)C2CC2)c1C#N. The Morgan fingerprint density at radius 1 is 1.48 bits per heavy atom. The van der Waals surface area contributed by atoms with Crippen LogP contribution in [0.2, 0.25) is 0 Å². The van der Waals surface area contributed by atoms with Crippen LogP contribution in [-0.2, 0) is 0 Å². The molecule has 1 amide bonds. The molecule has 1 heterocycles. The molecule has 4 nitrogen and oxygen atoms in total. The fourth-order valence-corrected chi connectivity index (χ4v) is 3.12. The number of amides is 1. The average Bonchev–Trinajstić information content (AvgIpc) is 3.37. The number of aromatic nitrogens is 1. The monoisotopic (exact) mass is 301 g/mol. The highest BCUT2D eigenvalue weighted by Crippen LogP contribution is 2.40. The van der Waals surface area contributed by atoms with Crippen LogP contribution < -0.4 is 5.32 Å². The average molecular weight is 301 g/mol. The highest BCUT2D eigenvalue weighted by molar-refractivity contribution is 7.98. The van der Waals surface area contributed by atoms with Crippen molar-refractivity contribution in [3.63, 3.8) is 0 Å². The van der Waals surface area contributed by atoms with Gasteiger partial charge in [-0.3, -0.25) is 4.79 Å². The summed E-state index contributed by atoms with van der Waals surface area (Å²) < 4.78 is 0. The molecule has 2 fully saturated rings. The summed E-state index contributed by atoms with van der Waals surface area (Å²) in [5.41, 5.74) is 1.86. The van der Waals surface area contributed by atoms with Crippen LogP contribution in [0.5, 0.6) is 0 Å². The van der Waals surface area contributed by atoms with Crippen molar-refractivity contribution >= 4 is 17.7 Å². The molecule has 3 rings (SSSR count). The third-order valence-corrected chi connectivity index (χ3v) is 4.92. The second kappa shape index (κ2) is 5.69. The van der Waals surface area contributed by atoms with Crippen LogP contribution >= 0.6 is 11.8 Å². The van der Waals surface area contributed by atoms with Gasteiger partial charge in [0.2, 0.25) is 0 Å². The molecule has 1 atom stereocenters. The van der Waals surface area contributed by atoms with E-state index in [1.165, 1.54) is 24.6 Å². The largest absolute Gasteiger partial charge is 0.349 e. The molecule has 0 radical (unpaired) electrons. The molecule has 21 heavy (non-hydrogen) atoms. The van der Waals surface area contributed by atoms with Gasteiger partial charge in [0.1, 0.15) is 11.1 Å². The molecular formula is C16H19N3OS. The van der Waals surface area contributed by atoms with E-state index in [0.29, 0.717) is 28.0 Å². The Bertz CT molecular complexity index is 615. The highest BCUT2D eigenvalue weighted by Gasteiger charge is 2.31. The first kappa shape index (κ1) is 14.4. The van der Waals surface area contributed by atoms with Gasteiger partial charge in [0.05, 0.1) is 11.1 Å². The van der Waals surface area contributed by atoms with Gasteiger partial charge in [0.25, 0.3) is 5.91 Å². The summed E-state index contributed by atoms with van der Waals surface area (Å²) in [5, 5.41) is 13.1. The lowest BCUT2D eigenvalue weighted by atomic mass is 10.1. The minimum atomic E-state index is -0.134. The third kappa shape index (κ3) is 3.06. The number of pyridine rings is 1. The molecule has 2 saturated carbocycles. The lowest BCUT2D eigenvalue weighted by molar-refractivity contribution is 0.0935. The molecule has 1 N–H and O–H groups in total. The Balaban J connectivity index is 1.92. The van der Waals surface area contributed by atoms with Crippen LogP contribution in [0.25, 0.3) is 0 Å². The second-order valence-electron chi connectivity index (χ2n) is 5.96. The van der Waals surface area contributed by atoms with Crippen LogP contribution in [0.1, 0.15) is 60.1 Å². The zero-order valence-corrected chi connectivity index (χ0v) is 13.2. The number of nitriles is 1. The van der Waals surface area contributed by atoms with Crippen LogP contribution in [0, 0.1) is 17.2 Å². The van der Waals surface area contributed by atoms with Crippen molar-refractivity contribution in [2.45, 2.75) is 49.6 Å². The second-order valence-corrected chi connectivity index (χ2v) is 6.76. The topological polar surface area (TPSA) is 65.8 Å². The van der Waals surface area contributed by atoms with E-state index in [-0.39, 0.29) is 11.9 Å². The standard InChI is InChI=1S/C16H19N3OS/c1-9(10-3-4-10)18-15(20)12-7-14(11-5-6-11)19-16(21-2)13(12)8-17/h7,9-11H,3-6H2,1-2H3,(H,18,20)/t9-/m0/s1. The summed E-state index contributed by atoms with van der Waals surface area (Å²) >= 11 is 1.43. The van der Waals surface area contributed by atoms with Gasteiger partial charge in [-0.2, -0.15) is 5.26 Å². The quantitative estimate of drug-likeness (QED) is 0.849. The smallest absolute Gasteiger partial charge is 0.253 e. The maximum Gasteiger partial charge on any atom is 0.253 e. The molecule has 0 aliphatic heterocycles. The van der Waals surface area contributed by atoms with E-state index in [1.807, 2.05) is 19.2 Å². The van der Waals surface area contributed by atoms with Gasteiger partial charge in [0, 0.05) is 17.7 Å². The van der Waals surface area contributed by atoms with Crippen molar-refractivity contribution < 1.29 is 4.79 Å². The number of nitrogens with zero attached hydrogens (tertiary/aromatic N) is 2. The van der Waals surface area contributed by atoms with Gasteiger partial charge in [0.15, 0.2) is 0 Å². The fourth-order valence-electron chi connectivity index (χ4n) is 2.56. The van der Waals surface area contributed by atoms with Crippen molar-refractivity contribution in [1.82, 2.24) is 10.3 Å². The Kier molecular flexibility index (Phi) is 3.90. The van der Waals surface area contributed by atoms with E-state index in [0.717, 1.165) is 18.5 Å². The van der Waals surface area contributed by atoms with Gasteiger partial charge in [-0.15, -0.1) is 11.8 Å². The first-order chi connectivity index (χ1) is 10.1. The summed E-state index contributed by atoms with van der Waals surface area (Å²) in [5.74, 6) is 0.936. The maximum atomic E-state index is 12.5. The van der Waals surface area contributed by atoms with E-state index in [1.54, 1.807) is 0 Å². The Morgan fingerprint density at radius 3 is 2.71 bits per heavy atom. The number of carbonyl (C=O) groups excluding carboxylic acids is 1. The number of nitrogens with one attached hydrogen (secondary N) is 1. The van der Waals surface area contributed by atoms with Gasteiger partial charge < -0.3 is 5.32 Å². The summed E-state index contributed by atoms with van der Waals surface area (Å²) in [4.78, 5) is 17.1. The zero-order chi connectivity index (χ0) is 15.0. The van der Waals surface area contributed by atoms with Gasteiger partial charge >= 0.3 is 0 Å². The molecule has 0 unspecified atom stereocenters. The number of thioether (sulfide) groups is 1. The summed E-state index contributed by atoms with van der Waals surface area (Å²) in [6, 6.07) is 4.16. The van der Waals surface area contributed by atoms with Crippen molar-refractivity contribution in [2.75, 3.05) is 6.26 Å². The minimum Gasteiger partial charge on any atom is -0.349 e. The third-order valence-electron chi connectivity index (χ3n) is 4.24. The Morgan fingerprint density at radius 2 is 2.19 bits per heavy atom. The summed E-state index contributed by atoms with van der Waals surface area (Å²) in [6.07, 6.45) is 6.53. The molecule has 0 bridgehead atoms. The van der Waals surface area contributed by atoms with Crippen LogP contribution in [0.3, 0.4) is 0 Å². The molecule has 1 aromatic rings. The van der Waals surface area contributed by atoms with Crippen molar-refractivity contribution in [1.29, 1.82) is 5.26 Å². The minimum absolute atomic E-state index is 0.134. The van der Waals surface area contributed by atoms with E-state index >= 15 is 0 Å². The van der Waals surface area contributed by atoms with E-state index in [9.17, 15) is 10.1 Å². The zero-order valence-electron chi connectivity index (χ0n) is 12.3. The molecule has 0 aromatic carbocycles. The van der Waals surface area contributed by atoms with E-state index in [4.69, 9.17) is 0 Å². The molecule has 2 aliphatic carbocycles. The highest BCUT2D eigenvalue weighted by atomic mass is 32.2. The number of hydrogen-bond acceptors (Lipinski definition) is 4. The number of carbonyl (C=O) groups is 1. The lowest BCUT2D eigenvalue weighted by Crippen LogP contribution is -2.34. The Labute approximate surface area is 129 Å². The summed E-state index contributed by atoms with van der Waals surface area (Å²) in [6.45, 7) is 2.04. The molecule has 5 heteroatoms. The predicted octanol–water partition coefficient (Wildman–Crippen LogP) is 3.08. The number of rotatable bonds is 5. The van der Waals surface area contributed by atoms with Crippen LogP contribution in [0.4, 0.5) is 0 Å². The fraction of sp³-hybridized carbons (Fsp3) is 0.562. The predicted molar refractivity (Wildman–Crippen MR) is 82.4 cm³/mol. The van der Waals surface area contributed by atoms with Crippen molar-refractivity contribution in [3.05, 3.63) is 22.9 Å². The van der Waals surface area contributed by atoms with Crippen LogP contribution in [0.15, 0.2) is 11.1 Å². The van der Waals surface area contributed by atoms with Gasteiger partial charge in [-0.25, -0.2) is 4.98 Å². The molecular weight excluding hydrogens is 282 g/mol. The van der Waals surface area contributed by atoms with E-state index < -0.39 is 0 Å². The molecule has 0 saturated heterocycles. The normalized spacial score (nSPS) is 18.9. The molecule has 0 spiro atoms. The first-order valence-electron chi connectivity index (χ1n) is 7.44. The van der Waals surface area contributed by atoms with E-state index in [2.05, 4.69) is 16.4 Å². The first-order valence-corrected chi connectivity index (χ1v) is 8.66. The van der Waals surface area contributed by atoms with Crippen LogP contribution in [-0.4, -0.2) is 23.2 Å². The molecule has 2 aliphatic rings. The Hall–Kier alpha value is -1.54. The molecule has 1 aromatic heterocycles. The van der Waals surface area contributed by atoms with Crippen molar-refractivity contribution in [2.24, 2.45) is 5.92 Å².